The number of morpholine rings is 1. The summed E-state index contributed by atoms with van der Waals surface area (Å²) in [5.74, 6) is 1.06. The minimum Gasteiger partial charge on any atom is -0.378 e. The van der Waals surface area contributed by atoms with Crippen LogP contribution in [0.2, 0.25) is 0 Å². The summed E-state index contributed by atoms with van der Waals surface area (Å²) in [7, 11) is 0. The van der Waals surface area contributed by atoms with Crippen molar-refractivity contribution in [3.05, 3.63) is 18.2 Å². The lowest BCUT2D eigenvalue weighted by Gasteiger charge is -2.44. The first-order valence-corrected chi connectivity index (χ1v) is 8.05. The highest BCUT2D eigenvalue weighted by molar-refractivity contribution is 5.81. The molecule has 7 nitrogen and oxygen atoms in total. The Morgan fingerprint density at radius 1 is 1.32 bits per heavy atom. The van der Waals surface area contributed by atoms with E-state index in [9.17, 15) is 4.79 Å². The first-order valence-electron chi connectivity index (χ1n) is 8.05. The smallest absolute Gasteiger partial charge is 0.253 e. The molecule has 7 heteroatoms. The number of ether oxygens (including phenoxy) is 2. The van der Waals surface area contributed by atoms with E-state index in [2.05, 4.69) is 14.9 Å². The van der Waals surface area contributed by atoms with Crippen LogP contribution in [-0.4, -0.2) is 65.9 Å². The molecule has 0 saturated carbocycles. The second kappa shape index (κ2) is 5.64. The maximum absolute atomic E-state index is 12.8. The van der Waals surface area contributed by atoms with Crippen LogP contribution in [-0.2, 0) is 26.4 Å². The molecule has 1 atom stereocenters. The van der Waals surface area contributed by atoms with Crippen molar-refractivity contribution in [2.24, 2.45) is 0 Å². The van der Waals surface area contributed by atoms with E-state index in [4.69, 9.17) is 9.47 Å². The van der Waals surface area contributed by atoms with E-state index in [1.54, 1.807) is 0 Å². The molecule has 4 heterocycles. The lowest BCUT2D eigenvalue weighted by Crippen LogP contribution is -2.55. The Labute approximate surface area is 129 Å². The van der Waals surface area contributed by atoms with Gasteiger partial charge in [-0.3, -0.25) is 4.79 Å². The molecule has 1 unspecified atom stereocenters. The maximum Gasteiger partial charge on any atom is 0.253 e. The van der Waals surface area contributed by atoms with E-state index in [-0.39, 0.29) is 5.91 Å². The molecule has 0 bridgehead atoms. The van der Waals surface area contributed by atoms with E-state index < -0.39 is 11.7 Å². The van der Waals surface area contributed by atoms with Gasteiger partial charge in [0.1, 0.15) is 11.4 Å². The number of hydrogen-bond acceptors (Lipinski definition) is 5. The van der Waals surface area contributed by atoms with Crippen LogP contribution in [0.1, 0.15) is 18.7 Å². The molecule has 120 valence electrons. The largest absolute Gasteiger partial charge is 0.378 e. The van der Waals surface area contributed by atoms with Gasteiger partial charge in [-0.25, -0.2) is 4.98 Å². The van der Waals surface area contributed by atoms with Crippen LogP contribution < -0.4 is 5.32 Å². The van der Waals surface area contributed by atoms with Crippen LogP contribution in [0.4, 0.5) is 0 Å². The van der Waals surface area contributed by atoms with Crippen LogP contribution in [0.25, 0.3) is 0 Å². The minimum absolute atomic E-state index is 0.0838. The number of aromatic nitrogens is 2. The van der Waals surface area contributed by atoms with E-state index in [1.807, 2.05) is 17.3 Å². The molecule has 22 heavy (non-hydrogen) atoms. The van der Waals surface area contributed by atoms with Crippen molar-refractivity contribution in [2.75, 3.05) is 39.4 Å². The van der Waals surface area contributed by atoms with Crippen LogP contribution in [0.3, 0.4) is 0 Å². The van der Waals surface area contributed by atoms with Crippen LogP contribution in [0.5, 0.6) is 0 Å². The fraction of sp³-hybridized carbons (Fsp3) is 0.733. The summed E-state index contributed by atoms with van der Waals surface area (Å²) in [6.45, 7) is 4.89. The summed E-state index contributed by atoms with van der Waals surface area (Å²) in [4.78, 5) is 19.2. The zero-order chi connectivity index (χ0) is 15.0. The molecule has 0 aliphatic carbocycles. The van der Waals surface area contributed by atoms with Gasteiger partial charge in [-0.15, -0.1) is 0 Å². The van der Waals surface area contributed by atoms with Crippen molar-refractivity contribution in [1.82, 2.24) is 19.8 Å². The predicted molar refractivity (Wildman–Crippen MR) is 78.3 cm³/mol. The number of nitrogens with one attached hydrogen (secondary N) is 1. The van der Waals surface area contributed by atoms with Gasteiger partial charge in [-0.2, -0.15) is 0 Å². The first-order chi connectivity index (χ1) is 10.8. The Bertz CT molecular complexity index is 547. The Kier molecular flexibility index (Phi) is 3.63. The van der Waals surface area contributed by atoms with Crippen molar-refractivity contribution >= 4 is 5.91 Å². The van der Waals surface area contributed by atoms with Crippen LogP contribution in [0.15, 0.2) is 12.4 Å². The molecule has 0 aromatic carbocycles. The normalized spacial score (nSPS) is 27.6. The molecule has 3 aliphatic rings. The molecule has 1 aromatic rings. The molecule has 1 amide bonds. The standard InChI is InChI=1S/C15H22N4O3/c20-13(18-7-9-21-10-8-18)12-11-19-6-5-17-14(19)15(22-12)1-3-16-4-2-15/h5-6,12,16H,1-4,7-11H2. The van der Waals surface area contributed by atoms with E-state index >= 15 is 0 Å². The molecule has 0 radical (unpaired) electrons. The first kappa shape index (κ1) is 14.2. The highest BCUT2D eigenvalue weighted by Gasteiger charge is 2.46. The van der Waals surface area contributed by atoms with Gasteiger partial charge in [0.05, 0.1) is 19.8 Å². The number of rotatable bonds is 1. The molecule has 3 aliphatic heterocycles. The highest BCUT2D eigenvalue weighted by atomic mass is 16.5. The van der Waals surface area contributed by atoms with Gasteiger partial charge in [0.2, 0.25) is 0 Å². The summed E-state index contributed by atoms with van der Waals surface area (Å²) in [5.41, 5.74) is -0.417. The Morgan fingerprint density at radius 2 is 2.09 bits per heavy atom. The van der Waals surface area contributed by atoms with Gasteiger partial charge < -0.3 is 24.3 Å². The third-order valence-corrected chi connectivity index (χ3v) is 4.86. The van der Waals surface area contributed by atoms with Crippen molar-refractivity contribution in [1.29, 1.82) is 0 Å². The van der Waals surface area contributed by atoms with Crippen molar-refractivity contribution in [3.63, 3.8) is 0 Å². The van der Waals surface area contributed by atoms with Crippen molar-refractivity contribution in [2.45, 2.75) is 31.1 Å². The van der Waals surface area contributed by atoms with Gasteiger partial charge in [-0.05, 0) is 25.9 Å². The number of nitrogens with zero attached hydrogens (tertiary/aromatic N) is 3. The second-order valence-electron chi connectivity index (χ2n) is 6.19. The molecule has 2 saturated heterocycles. The number of carbonyl (C=O) groups excluding carboxylic acids is 1. The average molecular weight is 306 g/mol. The van der Waals surface area contributed by atoms with E-state index in [0.29, 0.717) is 32.8 Å². The number of hydrogen-bond donors (Lipinski definition) is 1. The number of imidazole rings is 1. The topological polar surface area (TPSA) is 68.6 Å². The molecular weight excluding hydrogens is 284 g/mol. The summed E-state index contributed by atoms with van der Waals surface area (Å²) in [6, 6.07) is 0. The Hall–Kier alpha value is -1.44. The number of carbonyl (C=O) groups is 1. The highest BCUT2D eigenvalue weighted by Crippen LogP contribution is 2.38. The average Bonchev–Trinajstić information content (AvgIpc) is 3.05. The van der Waals surface area contributed by atoms with Crippen molar-refractivity contribution < 1.29 is 14.3 Å². The van der Waals surface area contributed by atoms with Gasteiger partial charge in [0.25, 0.3) is 5.91 Å². The molecule has 1 aromatic heterocycles. The quantitative estimate of drug-likeness (QED) is 0.773. The van der Waals surface area contributed by atoms with E-state index in [0.717, 1.165) is 31.8 Å². The minimum atomic E-state index is -0.419. The summed E-state index contributed by atoms with van der Waals surface area (Å²) < 4.78 is 13.8. The molecule has 1 spiro atoms. The second-order valence-corrected chi connectivity index (χ2v) is 6.19. The Morgan fingerprint density at radius 3 is 2.86 bits per heavy atom. The lowest BCUT2D eigenvalue weighted by molar-refractivity contribution is -0.179. The van der Waals surface area contributed by atoms with Gasteiger partial charge in [0.15, 0.2) is 6.10 Å². The zero-order valence-electron chi connectivity index (χ0n) is 12.7. The number of piperidine rings is 1. The molecule has 4 rings (SSSR count). The van der Waals surface area contributed by atoms with Gasteiger partial charge in [0, 0.05) is 25.5 Å². The van der Waals surface area contributed by atoms with Crippen LogP contribution in [0, 0.1) is 0 Å². The SMILES string of the molecule is O=C(C1Cn2ccnc2C2(CCNCC2)O1)N1CCOCC1. The fourth-order valence-corrected chi connectivity index (χ4v) is 3.68. The van der Waals surface area contributed by atoms with Crippen LogP contribution >= 0.6 is 0 Å². The summed E-state index contributed by atoms with van der Waals surface area (Å²) in [5, 5.41) is 3.36. The third kappa shape index (κ3) is 2.33. The Balaban J connectivity index is 1.59. The lowest BCUT2D eigenvalue weighted by atomic mass is 9.89. The maximum atomic E-state index is 12.8. The third-order valence-electron chi connectivity index (χ3n) is 4.86. The summed E-state index contributed by atoms with van der Waals surface area (Å²) >= 11 is 0. The molecule has 2 fully saturated rings. The predicted octanol–water partition coefficient (Wildman–Crippen LogP) is -0.281. The zero-order valence-corrected chi connectivity index (χ0v) is 12.7. The fourth-order valence-electron chi connectivity index (χ4n) is 3.68. The molecular formula is C15H22N4O3. The number of amides is 1. The van der Waals surface area contributed by atoms with Crippen molar-refractivity contribution in [3.8, 4) is 0 Å². The monoisotopic (exact) mass is 306 g/mol. The summed E-state index contributed by atoms with van der Waals surface area (Å²) in [6.07, 6.45) is 5.07. The van der Waals surface area contributed by atoms with Gasteiger partial charge in [-0.1, -0.05) is 0 Å². The van der Waals surface area contributed by atoms with Gasteiger partial charge >= 0.3 is 0 Å². The van der Waals surface area contributed by atoms with E-state index in [1.165, 1.54) is 0 Å². The molecule has 1 N–H and O–H groups in total. The number of fused-ring (bicyclic) bond motifs is 2.